The molecule has 0 saturated carbocycles. The van der Waals surface area contributed by atoms with E-state index in [-0.39, 0.29) is 31.1 Å². The molecule has 0 bridgehead atoms. The molecule has 4 rings (SSSR count). The van der Waals surface area contributed by atoms with Crippen molar-refractivity contribution >= 4 is 36.1 Å². The van der Waals surface area contributed by atoms with Crippen LogP contribution in [0.4, 0.5) is 10.2 Å². The van der Waals surface area contributed by atoms with Gasteiger partial charge in [0.1, 0.15) is 18.0 Å². The number of rotatable bonds is 6. The third kappa shape index (κ3) is 4.86. The molecule has 2 heterocycles. The predicted molar refractivity (Wildman–Crippen MR) is 130 cm³/mol. The summed E-state index contributed by atoms with van der Waals surface area (Å²) in [5.41, 5.74) is 4.00. The summed E-state index contributed by atoms with van der Waals surface area (Å²) in [6.45, 7) is 2.71. The number of pyridine rings is 1. The predicted octanol–water partition coefficient (Wildman–Crippen LogP) is 4.52. The minimum absolute atomic E-state index is 0. The van der Waals surface area contributed by atoms with Crippen LogP contribution in [0.25, 0.3) is 22.2 Å². The van der Waals surface area contributed by atoms with Crippen molar-refractivity contribution in [1.29, 1.82) is 0 Å². The van der Waals surface area contributed by atoms with Gasteiger partial charge in [0.05, 0.1) is 16.8 Å². The van der Waals surface area contributed by atoms with Gasteiger partial charge < -0.3 is 10.6 Å². The molecular weight excluding hydrogens is 425 g/mol. The van der Waals surface area contributed by atoms with Crippen LogP contribution in [0, 0.1) is 5.82 Å². The first-order chi connectivity index (χ1) is 15.1. The Morgan fingerprint density at radius 2 is 1.84 bits per heavy atom. The van der Waals surface area contributed by atoms with Gasteiger partial charge in [-0.2, -0.15) is 13.5 Å². The molecule has 2 N–H and O–H groups in total. The first-order valence-corrected chi connectivity index (χ1v) is 9.98. The highest BCUT2D eigenvalue weighted by molar-refractivity contribution is 7.59. The molecule has 0 aliphatic carbocycles. The van der Waals surface area contributed by atoms with Crippen LogP contribution in [0.2, 0.25) is 0 Å². The molecule has 4 aromatic rings. The lowest BCUT2D eigenvalue weighted by molar-refractivity contribution is 0.0964. The average Bonchev–Trinajstić information content (AvgIpc) is 2.82. The standard InChI is InChI=1S/C24H22FN5O.H2S/c1-15(18-4-3-5-19-20(24(31)26-2)10-11-27-23(18)19)13-28-22-12-21(29-14-30-22)16-6-8-17(25)9-7-16;/h3-12,14-15H,13H2,1-2H3,(H,26,31)(H,28,29,30);1H2/t15-;/m1./s1. The Balaban J connectivity index is 0.00000289. The van der Waals surface area contributed by atoms with Gasteiger partial charge in [0, 0.05) is 42.7 Å². The number of carbonyl (C=O) groups is 1. The molecule has 0 aliphatic heterocycles. The molecule has 1 atom stereocenters. The Morgan fingerprint density at radius 1 is 1.06 bits per heavy atom. The van der Waals surface area contributed by atoms with Crippen molar-refractivity contribution in [3.63, 3.8) is 0 Å². The molecule has 0 aliphatic rings. The number of benzene rings is 2. The van der Waals surface area contributed by atoms with Gasteiger partial charge in [-0.1, -0.05) is 25.1 Å². The largest absolute Gasteiger partial charge is 0.369 e. The number of hydrogen-bond donors (Lipinski definition) is 2. The highest BCUT2D eigenvalue weighted by Gasteiger charge is 2.15. The zero-order valence-corrected chi connectivity index (χ0v) is 18.8. The smallest absolute Gasteiger partial charge is 0.251 e. The third-order valence-electron chi connectivity index (χ3n) is 5.20. The molecule has 2 aromatic heterocycles. The van der Waals surface area contributed by atoms with Gasteiger partial charge in [-0.15, -0.1) is 0 Å². The van der Waals surface area contributed by atoms with E-state index in [1.807, 2.05) is 24.3 Å². The Bertz CT molecular complexity index is 1230. The fourth-order valence-electron chi connectivity index (χ4n) is 3.53. The van der Waals surface area contributed by atoms with Crippen LogP contribution in [0.1, 0.15) is 28.8 Å². The van der Waals surface area contributed by atoms with Gasteiger partial charge in [0.25, 0.3) is 5.91 Å². The third-order valence-corrected chi connectivity index (χ3v) is 5.20. The summed E-state index contributed by atoms with van der Waals surface area (Å²) in [6, 6.07) is 15.7. The molecule has 0 spiro atoms. The Morgan fingerprint density at radius 3 is 2.59 bits per heavy atom. The highest BCUT2D eigenvalue weighted by Crippen LogP contribution is 2.27. The summed E-state index contributed by atoms with van der Waals surface area (Å²) >= 11 is 0. The van der Waals surface area contributed by atoms with E-state index in [1.165, 1.54) is 18.5 Å². The first kappa shape index (κ1) is 23.1. The molecule has 0 radical (unpaired) electrons. The Kier molecular flexibility index (Phi) is 7.37. The first-order valence-electron chi connectivity index (χ1n) is 9.98. The van der Waals surface area contributed by atoms with E-state index in [4.69, 9.17) is 0 Å². The lowest BCUT2D eigenvalue weighted by atomic mass is 9.96. The van der Waals surface area contributed by atoms with E-state index in [9.17, 15) is 9.18 Å². The molecule has 6 nitrogen and oxygen atoms in total. The van der Waals surface area contributed by atoms with E-state index in [2.05, 4.69) is 32.5 Å². The van der Waals surface area contributed by atoms with Crippen molar-refractivity contribution in [2.45, 2.75) is 12.8 Å². The van der Waals surface area contributed by atoms with E-state index in [0.29, 0.717) is 23.6 Å². The number of para-hydroxylation sites is 1. The number of amides is 1. The van der Waals surface area contributed by atoms with Crippen molar-refractivity contribution in [1.82, 2.24) is 20.3 Å². The quantitative estimate of drug-likeness (QED) is 0.452. The van der Waals surface area contributed by atoms with E-state index in [1.54, 1.807) is 31.4 Å². The van der Waals surface area contributed by atoms with Crippen molar-refractivity contribution in [3.05, 3.63) is 84.1 Å². The van der Waals surface area contributed by atoms with Gasteiger partial charge in [-0.05, 0) is 35.9 Å². The number of halogens is 1. The van der Waals surface area contributed by atoms with Gasteiger partial charge >= 0.3 is 0 Å². The molecule has 8 heteroatoms. The van der Waals surface area contributed by atoms with Crippen molar-refractivity contribution in [3.8, 4) is 11.3 Å². The zero-order valence-electron chi connectivity index (χ0n) is 17.8. The van der Waals surface area contributed by atoms with Crippen LogP contribution in [0.3, 0.4) is 0 Å². The zero-order chi connectivity index (χ0) is 21.8. The summed E-state index contributed by atoms with van der Waals surface area (Å²) in [7, 11) is 1.62. The van der Waals surface area contributed by atoms with Crippen molar-refractivity contribution in [2.75, 3.05) is 18.9 Å². The normalized spacial score (nSPS) is 11.5. The van der Waals surface area contributed by atoms with Crippen LogP contribution in [0.5, 0.6) is 0 Å². The van der Waals surface area contributed by atoms with Crippen LogP contribution in [0.15, 0.2) is 67.1 Å². The van der Waals surface area contributed by atoms with Gasteiger partial charge in [-0.3, -0.25) is 9.78 Å². The van der Waals surface area contributed by atoms with Crippen molar-refractivity contribution < 1.29 is 9.18 Å². The summed E-state index contributed by atoms with van der Waals surface area (Å²) in [5.74, 6) is 0.374. The second-order valence-corrected chi connectivity index (χ2v) is 7.26. The average molecular weight is 450 g/mol. The lowest BCUT2D eigenvalue weighted by Gasteiger charge is -2.16. The minimum Gasteiger partial charge on any atom is -0.369 e. The second-order valence-electron chi connectivity index (χ2n) is 7.26. The molecular formula is C24H24FN5OS. The van der Waals surface area contributed by atoms with Crippen molar-refractivity contribution in [2.24, 2.45) is 0 Å². The summed E-state index contributed by atoms with van der Waals surface area (Å²) < 4.78 is 13.2. The van der Waals surface area contributed by atoms with Crippen LogP contribution in [-0.4, -0.2) is 34.5 Å². The maximum atomic E-state index is 13.2. The SMILES string of the molecule is CNC(=O)c1ccnc2c([C@H](C)CNc3cc(-c4ccc(F)cc4)ncn3)cccc12.S. The molecule has 0 saturated heterocycles. The summed E-state index contributed by atoms with van der Waals surface area (Å²) in [4.78, 5) is 25.3. The summed E-state index contributed by atoms with van der Waals surface area (Å²) in [5, 5.41) is 6.85. The van der Waals surface area contributed by atoms with E-state index >= 15 is 0 Å². The summed E-state index contributed by atoms with van der Waals surface area (Å²) in [6.07, 6.45) is 3.15. The van der Waals surface area contributed by atoms with Gasteiger partial charge in [0.15, 0.2) is 0 Å². The molecule has 0 fully saturated rings. The molecule has 164 valence electrons. The number of hydrogen-bond acceptors (Lipinski definition) is 5. The fourth-order valence-corrected chi connectivity index (χ4v) is 3.53. The number of nitrogens with one attached hydrogen (secondary N) is 2. The van der Waals surface area contributed by atoms with E-state index < -0.39 is 0 Å². The fraction of sp³-hybridized carbons (Fsp3) is 0.167. The lowest BCUT2D eigenvalue weighted by Crippen LogP contribution is -2.18. The monoisotopic (exact) mass is 449 g/mol. The van der Waals surface area contributed by atoms with E-state index in [0.717, 1.165) is 22.0 Å². The van der Waals surface area contributed by atoms with Crippen LogP contribution < -0.4 is 10.6 Å². The molecule has 2 aromatic carbocycles. The maximum Gasteiger partial charge on any atom is 0.251 e. The topological polar surface area (TPSA) is 79.8 Å². The van der Waals surface area contributed by atoms with Crippen LogP contribution >= 0.6 is 13.5 Å². The maximum absolute atomic E-state index is 13.2. The molecule has 1 amide bonds. The number of nitrogens with zero attached hydrogens (tertiary/aromatic N) is 3. The number of aromatic nitrogens is 3. The Labute approximate surface area is 192 Å². The number of anilines is 1. The van der Waals surface area contributed by atoms with Gasteiger partial charge in [-0.25, -0.2) is 14.4 Å². The number of fused-ring (bicyclic) bond motifs is 1. The molecule has 32 heavy (non-hydrogen) atoms. The second kappa shape index (κ2) is 10.2. The number of carbonyl (C=O) groups excluding carboxylic acids is 1. The highest BCUT2D eigenvalue weighted by atomic mass is 32.1. The van der Waals surface area contributed by atoms with Gasteiger partial charge in [0.2, 0.25) is 0 Å². The minimum atomic E-state index is -0.284. The molecule has 0 unspecified atom stereocenters. The Hall–Kier alpha value is -3.52. The van der Waals surface area contributed by atoms with Crippen LogP contribution in [-0.2, 0) is 0 Å².